The van der Waals surface area contributed by atoms with E-state index in [4.69, 9.17) is 9.47 Å². The third-order valence-corrected chi connectivity index (χ3v) is 8.81. The number of carbonyl (C=O) groups excluding carboxylic acids is 1. The molecule has 0 saturated carbocycles. The zero-order valence-corrected chi connectivity index (χ0v) is 25.6. The summed E-state index contributed by atoms with van der Waals surface area (Å²) in [5.41, 5.74) is 6.41. The molecule has 2 heterocycles. The number of hydrogen-bond acceptors (Lipinski definition) is 5. The zero-order chi connectivity index (χ0) is 30.7. The number of benzene rings is 4. The van der Waals surface area contributed by atoms with Crippen molar-refractivity contribution in [2.24, 2.45) is 0 Å². The third kappa shape index (κ3) is 6.42. The summed E-state index contributed by atoms with van der Waals surface area (Å²) < 4.78 is 12.6. The standard InChI is InChI=1S/C38H40N2O4/c1-27(2)33-21-34(36(44-26-29-12-8-5-9-13-29)22-35(33)43-25-28-10-6-4-7-11-28)37(41)40-23-30-14-15-32(20-31(30)24-40)38(42)16-18-39(3)19-17-38/h4-15,20-22,42H,1,16-19,23-26H2,2-3H3. The van der Waals surface area contributed by atoms with Crippen molar-refractivity contribution in [3.63, 3.8) is 0 Å². The minimum atomic E-state index is -0.830. The first kappa shape index (κ1) is 29.7. The molecule has 6 nitrogen and oxygen atoms in total. The minimum Gasteiger partial charge on any atom is -0.488 e. The molecule has 1 N–H and O–H groups in total. The van der Waals surface area contributed by atoms with E-state index < -0.39 is 5.60 Å². The fourth-order valence-electron chi connectivity index (χ4n) is 6.05. The highest BCUT2D eigenvalue weighted by Crippen LogP contribution is 2.38. The fraction of sp³-hybridized carbons (Fsp3) is 0.289. The molecular weight excluding hydrogens is 548 g/mol. The summed E-state index contributed by atoms with van der Waals surface area (Å²) in [5.74, 6) is 0.992. The number of amides is 1. The van der Waals surface area contributed by atoms with Crippen molar-refractivity contribution >= 4 is 11.5 Å². The number of rotatable bonds is 9. The average molecular weight is 589 g/mol. The summed E-state index contributed by atoms with van der Waals surface area (Å²) in [5, 5.41) is 11.4. The van der Waals surface area contributed by atoms with E-state index in [0.29, 0.717) is 56.2 Å². The van der Waals surface area contributed by atoms with Crippen molar-refractivity contribution in [1.29, 1.82) is 0 Å². The van der Waals surface area contributed by atoms with Crippen molar-refractivity contribution in [3.8, 4) is 11.5 Å². The van der Waals surface area contributed by atoms with Crippen molar-refractivity contribution in [3.05, 3.63) is 137 Å². The second kappa shape index (κ2) is 12.7. The number of fused-ring (bicyclic) bond motifs is 1. The van der Waals surface area contributed by atoms with Crippen LogP contribution in [-0.4, -0.2) is 41.0 Å². The molecule has 0 atom stereocenters. The second-order valence-corrected chi connectivity index (χ2v) is 12.2. The predicted molar refractivity (Wildman–Crippen MR) is 173 cm³/mol. The normalized spacial score (nSPS) is 15.9. The van der Waals surface area contributed by atoms with Crippen LogP contribution >= 0.6 is 0 Å². The van der Waals surface area contributed by atoms with Gasteiger partial charge in [-0.1, -0.05) is 85.4 Å². The van der Waals surface area contributed by atoms with Crippen molar-refractivity contribution in [1.82, 2.24) is 9.80 Å². The molecule has 0 spiro atoms. The molecule has 226 valence electrons. The molecule has 6 rings (SSSR count). The number of likely N-dealkylation sites (tertiary alicyclic amines) is 1. The molecule has 0 aliphatic carbocycles. The lowest BCUT2D eigenvalue weighted by atomic mass is 9.83. The molecule has 1 fully saturated rings. The number of carbonyl (C=O) groups is 1. The molecule has 4 aromatic carbocycles. The maximum Gasteiger partial charge on any atom is 0.258 e. The van der Waals surface area contributed by atoms with Gasteiger partial charge in [-0.3, -0.25) is 4.79 Å². The van der Waals surface area contributed by atoms with Crippen molar-refractivity contribution in [2.45, 2.75) is 51.7 Å². The molecular formula is C38H40N2O4. The van der Waals surface area contributed by atoms with E-state index in [2.05, 4.69) is 30.7 Å². The summed E-state index contributed by atoms with van der Waals surface area (Å²) in [4.78, 5) is 18.3. The molecule has 6 heteroatoms. The number of allylic oxidation sites excluding steroid dienone is 1. The highest BCUT2D eigenvalue weighted by molar-refractivity contribution is 5.98. The van der Waals surface area contributed by atoms with Crippen LogP contribution in [-0.2, 0) is 31.9 Å². The van der Waals surface area contributed by atoms with E-state index >= 15 is 0 Å². The van der Waals surface area contributed by atoms with Crippen LogP contribution in [0.15, 0.2) is 97.6 Å². The summed E-state index contributed by atoms with van der Waals surface area (Å²) in [6, 6.07) is 29.8. The number of piperidine rings is 1. The average Bonchev–Trinajstić information content (AvgIpc) is 3.48. The monoisotopic (exact) mass is 588 g/mol. The van der Waals surface area contributed by atoms with Crippen LogP contribution in [0, 0.1) is 0 Å². The summed E-state index contributed by atoms with van der Waals surface area (Å²) in [6.45, 7) is 9.52. The van der Waals surface area contributed by atoms with Crippen molar-refractivity contribution < 1.29 is 19.4 Å². The Hall–Kier alpha value is -4.39. The Morgan fingerprint density at radius 3 is 1.95 bits per heavy atom. The van der Waals surface area contributed by atoms with E-state index in [9.17, 15) is 9.90 Å². The van der Waals surface area contributed by atoms with Crippen LogP contribution in [0.5, 0.6) is 11.5 Å². The van der Waals surface area contributed by atoms with Gasteiger partial charge in [-0.15, -0.1) is 0 Å². The Balaban J connectivity index is 1.28. The summed E-state index contributed by atoms with van der Waals surface area (Å²) in [7, 11) is 2.09. The number of hydrogen-bond donors (Lipinski definition) is 1. The van der Waals surface area contributed by atoms with Gasteiger partial charge < -0.3 is 24.4 Å². The van der Waals surface area contributed by atoms with Gasteiger partial charge in [-0.2, -0.15) is 0 Å². The summed E-state index contributed by atoms with van der Waals surface area (Å²) >= 11 is 0. The van der Waals surface area contributed by atoms with E-state index in [1.54, 1.807) is 0 Å². The largest absolute Gasteiger partial charge is 0.488 e. The van der Waals surface area contributed by atoms with Gasteiger partial charge in [0.2, 0.25) is 0 Å². The lowest BCUT2D eigenvalue weighted by Crippen LogP contribution is -2.40. The molecule has 1 amide bonds. The second-order valence-electron chi connectivity index (χ2n) is 12.2. The number of ether oxygens (including phenoxy) is 2. The van der Waals surface area contributed by atoms with Crippen LogP contribution in [0.2, 0.25) is 0 Å². The SMILES string of the molecule is C=C(C)c1cc(C(=O)N2Cc3ccc(C4(O)CCN(C)CC4)cc3C2)c(OCc2ccccc2)cc1OCc1ccccc1. The molecule has 0 bridgehead atoms. The quantitative estimate of drug-likeness (QED) is 0.229. The minimum absolute atomic E-state index is 0.110. The Kier molecular flexibility index (Phi) is 8.56. The molecule has 44 heavy (non-hydrogen) atoms. The number of aliphatic hydroxyl groups is 1. The summed E-state index contributed by atoms with van der Waals surface area (Å²) in [6.07, 6.45) is 1.41. The van der Waals surface area contributed by atoms with Gasteiger partial charge in [0.1, 0.15) is 24.7 Å². The molecule has 2 aliphatic heterocycles. The van der Waals surface area contributed by atoms with E-state index in [1.165, 1.54) is 0 Å². The van der Waals surface area contributed by atoms with E-state index in [1.807, 2.05) is 90.7 Å². The highest BCUT2D eigenvalue weighted by atomic mass is 16.5. The van der Waals surface area contributed by atoms with Crippen LogP contribution in [0.25, 0.3) is 5.57 Å². The molecule has 0 radical (unpaired) electrons. The Morgan fingerprint density at radius 2 is 1.36 bits per heavy atom. The van der Waals surface area contributed by atoms with E-state index in [0.717, 1.165) is 52.0 Å². The Morgan fingerprint density at radius 1 is 0.795 bits per heavy atom. The molecule has 1 saturated heterocycles. The van der Waals surface area contributed by atoms with Gasteiger partial charge in [-0.05, 0) is 66.3 Å². The maximum absolute atomic E-state index is 14.2. The van der Waals surface area contributed by atoms with Crippen molar-refractivity contribution in [2.75, 3.05) is 20.1 Å². The zero-order valence-electron chi connectivity index (χ0n) is 25.6. The molecule has 0 unspecified atom stereocenters. The maximum atomic E-state index is 14.2. The van der Waals surface area contributed by atoms with Crippen LogP contribution in [0.4, 0.5) is 0 Å². The van der Waals surface area contributed by atoms with Gasteiger partial charge >= 0.3 is 0 Å². The lowest BCUT2D eigenvalue weighted by molar-refractivity contribution is -0.0203. The fourth-order valence-corrected chi connectivity index (χ4v) is 6.05. The van der Waals surface area contributed by atoms with Gasteiger partial charge in [-0.25, -0.2) is 0 Å². The smallest absolute Gasteiger partial charge is 0.258 e. The first-order valence-corrected chi connectivity index (χ1v) is 15.3. The number of nitrogens with zero attached hydrogens (tertiary/aromatic N) is 2. The highest BCUT2D eigenvalue weighted by Gasteiger charge is 2.35. The predicted octanol–water partition coefficient (Wildman–Crippen LogP) is 6.95. The topological polar surface area (TPSA) is 62.2 Å². The first-order valence-electron chi connectivity index (χ1n) is 15.3. The van der Waals surface area contributed by atoms with Crippen LogP contribution in [0.1, 0.15) is 63.5 Å². The molecule has 2 aliphatic rings. The molecule has 4 aromatic rings. The first-order chi connectivity index (χ1) is 21.3. The third-order valence-electron chi connectivity index (χ3n) is 8.81. The van der Waals surface area contributed by atoms with Crippen LogP contribution in [0.3, 0.4) is 0 Å². The lowest BCUT2D eigenvalue weighted by Gasteiger charge is -2.37. The van der Waals surface area contributed by atoms with Gasteiger partial charge in [0, 0.05) is 37.8 Å². The Labute approximate surface area is 260 Å². The van der Waals surface area contributed by atoms with Crippen LogP contribution < -0.4 is 9.47 Å². The molecule has 0 aromatic heterocycles. The van der Waals surface area contributed by atoms with Gasteiger partial charge in [0.25, 0.3) is 5.91 Å². The van der Waals surface area contributed by atoms with E-state index in [-0.39, 0.29) is 5.91 Å². The van der Waals surface area contributed by atoms with Gasteiger partial charge in [0.15, 0.2) is 0 Å². The van der Waals surface area contributed by atoms with Gasteiger partial charge in [0.05, 0.1) is 11.2 Å². The Bertz CT molecular complexity index is 1640.